The van der Waals surface area contributed by atoms with Crippen molar-refractivity contribution in [1.29, 1.82) is 0 Å². The molecule has 23 heavy (non-hydrogen) atoms. The largest absolute Gasteiger partial charge is 0.392 e. The summed E-state index contributed by atoms with van der Waals surface area (Å²) in [7, 11) is 0. The zero-order valence-electron chi connectivity index (χ0n) is 12.1. The van der Waals surface area contributed by atoms with Gasteiger partial charge in [0.15, 0.2) is 5.11 Å². The van der Waals surface area contributed by atoms with E-state index in [4.69, 9.17) is 28.9 Å². The number of thiocarbonyl (C=S) groups is 1. The second-order valence-corrected chi connectivity index (χ2v) is 5.47. The maximum atomic E-state index is 11.8. The fraction of sp³-hybridized carbons (Fsp3) is 0.0588. The molecule has 4 nitrogen and oxygen atoms in total. The molecule has 2 rings (SSSR count). The fourth-order valence-corrected chi connectivity index (χ4v) is 2.26. The SMILES string of the molecule is O=C(/C=C/c1ccccc1Cl)NC(=S)Nc1cccc(CO)c1. The van der Waals surface area contributed by atoms with Crippen LogP contribution in [0.5, 0.6) is 0 Å². The quantitative estimate of drug-likeness (QED) is 0.587. The molecule has 0 spiro atoms. The molecular weight excluding hydrogens is 332 g/mol. The van der Waals surface area contributed by atoms with Crippen molar-refractivity contribution >= 4 is 46.6 Å². The number of hydrogen-bond acceptors (Lipinski definition) is 3. The molecule has 118 valence electrons. The average Bonchev–Trinajstić information content (AvgIpc) is 2.54. The Morgan fingerprint density at radius 3 is 2.74 bits per heavy atom. The van der Waals surface area contributed by atoms with Gasteiger partial charge in [-0.2, -0.15) is 0 Å². The number of rotatable bonds is 4. The fourth-order valence-electron chi connectivity index (χ4n) is 1.84. The van der Waals surface area contributed by atoms with Gasteiger partial charge in [0, 0.05) is 16.8 Å². The minimum atomic E-state index is -0.360. The summed E-state index contributed by atoms with van der Waals surface area (Å²) in [5, 5.41) is 15.3. The highest BCUT2D eigenvalue weighted by Crippen LogP contribution is 2.16. The number of carbonyl (C=O) groups is 1. The highest BCUT2D eigenvalue weighted by molar-refractivity contribution is 7.80. The Hall–Kier alpha value is -2.21. The van der Waals surface area contributed by atoms with Crippen LogP contribution >= 0.6 is 23.8 Å². The Morgan fingerprint density at radius 1 is 1.22 bits per heavy atom. The minimum Gasteiger partial charge on any atom is -0.392 e. The molecule has 0 radical (unpaired) electrons. The summed E-state index contributed by atoms with van der Waals surface area (Å²) in [5.41, 5.74) is 2.19. The first-order valence-corrected chi connectivity index (χ1v) is 7.61. The van der Waals surface area contributed by atoms with E-state index in [0.717, 1.165) is 11.1 Å². The molecule has 1 amide bonds. The van der Waals surface area contributed by atoms with Crippen molar-refractivity contribution < 1.29 is 9.90 Å². The first kappa shape index (κ1) is 17.1. The van der Waals surface area contributed by atoms with Crippen molar-refractivity contribution in [1.82, 2.24) is 5.32 Å². The average molecular weight is 347 g/mol. The van der Waals surface area contributed by atoms with Gasteiger partial charge in [-0.15, -0.1) is 0 Å². The lowest BCUT2D eigenvalue weighted by Crippen LogP contribution is -2.32. The summed E-state index contributed by atoms with van der Waals surface area (Å²) in [5.74, 6) is -0.360. The second-order valence-electron chi connectivity index (χ2n) is 4.66. The molecule has 0 aliphatic carbocycles. The molecule has 0 bridgehead atoms. The summed E-state index contributed by atoms with van der Waals surface area (Å²) in [6.07, 6.45) is 2.98. The molecule has 0 atom stereocenters. The lowest BCUT2D eigenvalue weighted by Gasteiger charge is -2.09. The van der Waals surface area contributed by atoms with Crippen LogP contribution in [0.4, 0.5) is 5.69 Å². The van der Waals surface area contributed by atoms with E-state index in [2.05, 4.69) is 10.6 Å². The van der Waals surface area contributed by atoms with Crippen molar-refractivity contribution in [2.45, 2.75) is 6.61 Å². The molecule has 0 unspecified atom stereocenters. The van der Waals surface area contributed by atoms with Crippen LogP contribution in [0, 0.1) is 0 Å². The Bertz CT molecular complexity index is 747. The van der Waals surface area contributed by atoms with Crippen molar-refractivity contribution in [2.75, 3.05) is 5.32 Å². The number of benzene rings is 2. The number of aliphatic hydroxyl groups is 1. The van der Waals surface area contributed by atoms with Gasteiger partial charge in [-0.05, 0) is 47.6 Å². The Labute approximate surface area is 144 Å². The van der Waals surface area contributed by atoms with Gasteiger partial charge in [0.2, 0.25) is 5.91 Å². The Balaban J connectivity index is 1.92. The van der Waals surface area contributed by atoms with E-state index in [0.29, 0.717) is 10.7 Å². The lowest BCUT2D eigenvalue weighted by molar-refractivity contribution is -0.115. The molecule has 3 N–H and O–H groups in total. The summed E-state index contributed by atoms with van der Waals surface area (Å²) < 4.78 is 0. The van der Waals surface area contributed by atoms with E-state index in [1.165, 1.54) is 6.08 Å². The number of anilines is 1. The van der Waals surface area contributed by atoms with E-state index in [9.17, 15) is 4.79 Å². The van der Waals surface area contributed by atoms with Crippen molar-refractivity contribution in [3.05, 3.63) is 70.8 Å². The van der Waals surface area contributed by atoms with Gasteiger partial charge in [-0.1, -0.05) is 41.9 Å². The van der Waals surface area contributed by atoms with E-state index < -0.39 is 0 Å². The van der Waals surface area contributed by atoms with E-state index in [1.54, 1.807) is 36.4 Å². The Morgan fingerprint density at radius 2 is 2.00 bits per heavy atom. The molecule has 0 heterocycles. The van der Waals surface area contributed by atoms with E-state index in [-0.39, 0.29) is 17.6 Å². The molecule has 0 saturated carbocycles. The highest BCUT2D eigenvalue weighted by Gasteiger charge is 2.03. The number of hydrogen-bond donors (Lipinski definition) is 3. The van der Waals surface area contributed by atoms with Crippen LogP contribution in [0.1, 0.15) is 11.1 Å². The van der Waals surface area contributed by atoms with E-state index >= 15 is 0 Å². The van der Waals surface area contributed by atoms with Gasteiger partial charge >= 0.3 is 0 Å². The molecular formula is C17H15ClN2O2S. The first-order chi connectivity index (χ1) is 11.1. The van der Waals surface area contributed by atoms with Gasteiger partial charge in [0.1, 0.15) is 0 Å². The molecule has 2 aromatic carbocycles. The van der Waals surface area contributed by atoms with Crippen molar-refractivity contribution in [3.8, 4) is 0 Å². The third-order valence-electron chi connectivity index (χ3n) is 2.92. The third kappa shape index (κ3) is 5.49. The van der Waals surface area contributed by atoms with Gasteiger partial charge in [0.05, 0.1) is 6.61 Å². The summed E-state index contributed by atoms with van der Waals surface area (Å²) >= 11 is 11.1. The van der Waals surface area contributed by atoms with Crippen LogP contribution in [-0.2, 0) is 11.4 Å². The molecule has 0 saturated heterocycles. The maximum absolute atomic E-state index is 11.8. The molecule has 6 heteroatoms. The van der Waals surface area contributed by atoms with Crippen molar-refractivity contribution in [3.63, 3.8) is 0 Å². The topological polar surface area (TPSA) is 61.4 Å². The van der Waals surface area contributed by atoms with Crippen molar-refractivity contribution in [2.24, 2.45) is 0 Å². The summed E-state index contributed by atoms with van der Waals surface area (Å²) in [6.45, 7) is -0.0603. The van der Waals surface area contributed by atoms with Crippen LogP contribution in [0.25, 0.3) is 6.08 Å². The van der Waals surface area contributed by atoms with Crippen LogP contribution in [0.15, 0.2) is 54.6 Å². The van der Waals surface area contributed by atoms with E-state index in [1.807, 2.05) is 18.2 Å². The van der Waals surface area contributed by atoms with Crippen LogP contribution in [0.3, 0.4) is 0 Å². The van der Waals surface area contributed by atoms with Crippen LogP contribution in [-0.4, -0.2) is 16.1 Å². The molecule has 0 fully saturated rings. The lowest BCUT2D eigenvalue weighted by atomic mass is 10.2. The number of aliphatic hydroxyl groups excluding tert-OH is 1. The summed E-state index contributed by atoms with van der Waals surface area (Å²) in [4.78, 5) is 11.8. The van der Waals surface area contributed by atoms with Gasteiger partial charge in [-0.25, -0.2) is 0 Å². The van der Waals surface area contributed by atoms with Crippen LogP contribution < -0.4 is 10.6 Å². The third-order valence-corrected chi connectivity index (χ3v) is 3.47. The predicted molar refractivity (Wildman–Crippen MR) is 97.2 cm³/mol. The van der Waals surface area contributed by atoms with Gasteiger partial charge in [-0.3, -0.25) is 10.1 Å². The second kappa shape index (κ2) is 8.43. The number of amides is 1. The first-order valence-electron chi connectivity index (χ1n) is 6.83. The maximum Gasteiger partial charge on any atom is 0.250 e. The number of carbonyl (C=O) groups excluding carboxylic acids is 1. The van der Waals surface area contributed by atoms with Crippen LogP contribution in [0.2, 0.25) is 5.02 Å². The smallest absolute Gasteiger partial charge is 0.250 e. The standard InChI is InChI=1S/C17H15ClN2O2S/c18-15-7-2-1-5-13(15)8-9-16(22)20-17(23)19-14-6-3-4-12(10-14)11-21/h1-10,21H,11H2,(H2,19,20,22,23)/b9-8+. The van der Waals surface area contributed by atoms with Gasteiger partial charge in [0.25, 0.3) is 0 Å². The predicted octanol–water partition coefficient (Wildman–Crippen LogP) is 3.36. The number of nitrogens with one attached hydrogen (secondary N) is 2. The molecule has 0 aliphatic heterocycles. The normalized spacial score (nSPS) is 10.5. The van der Waals surface area contributed by atoms with Gasteiger partial charge < -0.3 is 10.4 Å². The monoisotopic (exact) mass is 346 g/mol. The Kier molecular flexibility index (Phi) is 6.29. The zero-order valence-corrected chi connectivity index (χ0v) is 13.7. The highest BCUT2D eigenvalue weighted by atomic mass is 35.5. The number of halogens is 1. The molecule has 2 aromatic rings. The summed E-state index contributed by atoms with van der Waals surface area (Å²) in [6, 6.07) is 14.3. The zero-order chi connectivity index (χ0) is 16.7. The minimum absolute atomic E-state index is 0.0603. The molecule has 0 aliphatic rings. The molecule has 0 aromatic heterocycles.